The van der Waals surface area contributed by atoms with Crippen LogP contribution in [-0.2, 0) is 6.42 Å². The second-order valence-corrected chi connectivity index (χ2v) is 5.00. The van der Waals surface area contributed by atoms with Crippen molar-refractivity contribution in [2.24, 2.45) is 0 Å². The van der Waals surface area contributed by atoms with E-state index in [1.807, 2.05) is 28.8 Å². The van der Waals surface area contributed by atoms with Crippen molar-refractivity contribution >= 4 is 16.6 Å². The van der Waals surface area contributed by atoms with Gasteiger partial charge in [0.1, 0.15) is 6.07 Å². The molecule has 0 aliphatic carbocycles. The van der Waals surface area contributed by atoms with Gasteiger partial charge in [0.25, 0.3) is 5.69 Å². The summed E-state index contributed by atoms with van der Waals surface area (Å²) >= 11 is 0. The van der Waals surface area contributed by atoms with Crippen molar-refractivity contribution in [2.75, 3.05) is 0 Å². The van der Waals surface area contributed by atoms with E-state index < -0.39 is 4.92 Å². The van der Waals surface area contributed by atoms with Crippen molar-refractivity contribution in [1.29, 1.82) is 5.26 Å². The molecule has 0 spiro atoms. The first-order valence-corrected chi connectivity index (χ1v) is 6.93. The van der Waals surface area contributed by atoms with E-state index in [1.165, 1.54) is 17.7 Å². The van der Waals surface area contributed by atoms with Crippen LogP contribution < -0.4 is 0 Å². The van der Waals surface area contributed by atoms with E-state index in [9.17, 15) is 15.4 Å². The maximum absolute atomic E-state index is 11.0. The van der Waals surface area contributed by atoms with Crippen molar-refractivity contribution in [3.63, 3.8) is 0 Å². The lowest BCUT2D eigenvalue weighted by molar-refractivity contribution is -0.384. The molecule has 0 saturated carbocycles. The molecule has 0 unspecified atom stereocenters. The smallest absolute Gasteiger partial charge is 0.271 e. The summed E-state index contributed by atoms with van der Waals surface area (Å²) in [5.41, 5.74) is 3.27. The van der Waals surface area contributed by atoms with Crippen molar-refractivity contribution in [3.8, 4) is 11.8 Å². The van der Waals surface area contributed by atoms with Gasteiger partial charge in [-0.3, -0.25) is 10.1 Å². The van der Waals surface area contributed by atoms with E-state index in [1.54, 1.807) is 12.3 Å². The number of nitro benzene ring substituents is 1. The van der Waals surface area contributed by atoms with E-state index in [-0.39, 0.29) is 5.69 Å². The van der Waals surface area contributed by atoms with Crippen molar-refractivity contribution in [3.05, 3.63) is 69.9 Å². The van der Waals surface area contributed by atoms with Gasteiger partial charge in [0.15, 0.2) is 0 Å². The minimum Gasteiger partial charge on any atom is -0.315 e. The minimum absolute atomic E-state index is 0.0153. The topological polar surface area (TPSA) is 71.9 Å². The summed E-state index contributed by atoms with van der Waals surface area (Å²) in [4.78, 5) is 10.6. The molecular formula is C17H13N3O2. The number of aryl methyl sites for hydroxylation is 1. The van der Waals surface area contributed by atoms with Gasteiger partial charge in [0.05, 0.1) is 16.0 Å². The first-order valence-electron chi connectivity index (χ1n) is 6.93. The molecule has 3 aromatic rings. The Morgan fingerprint density at radius 1 is 1.23 bits per heavy atom. The molecule has 5 heteroatoms. The predicted octanol–water partition coefficient (Wildman–Crippen LogP) is 3.97. The Balaban J connectivity index is 2.25. The Kier molecular flexibility index (Phi) is 3.36. The summed E-state index contributed by atoms with van der Waals surface area (Å²) in [5.74, 6) is 0. The predicted molar refractivity (Wildman–Crippen MR) is 84.0 cm³/mol. The van der Waals surface area contributed by atoms with Crippen LogP contribution in [0.1, 0.15) is 18.1 Å². The Hall–Kier alpha value is -3.13. The molecule has 0 aliphatic heterocycles. The number of hydrogen-bond acceptors (Lipinski definition) is 3. The normalized spacial score (nSPS) is 10.5. The van der Waals surface area contributed by atoms with Gasteiger partial charge in [0, 0.05) is 29.4 Å². The molecule has 108 valence electrons. The molecule has 2 aromatic carbocycles. The van der Waals surface area contributed by atoms with E-state index in [0.717, 1.165) is 12.1 Å². The molecule has 0 amide bonds. The molecule has 3 rings (SSSR count). The maximum atomic E-state index is 11.0. The Labute approximate surface area is 127 Å². The third kappa shape index (κ3) is 2.21. The summed E-state index contributed by atoms with van der Waals surface area (Å²) in [7, 11) is 0. The van der Waals surface area contributed by atoms with Gasteiger partial charge in [-0.25, -0.2) is 0 Å². The molecule has 5 nitrogen and oxygen atoms in total. The van der Waals surface area contributed by atoms with Crippen LogP contribution in [0.25, 0.3) is 16.6 Å². The van der Waals surface area contributed by atoms with Crippen LogP contribution in [0.2, 0.25) is 0 Å². The molecule has 0 bridgehead atoms. The van der Waals surface area contributed by atoms with Crippen LogP contribution >= 0.6 is 0 Å². The van der Waals surface area contributed by atoms with Crippen LogP contribution in [0.4, 0.5) is 5.69 Å². The highest BCUT2D eigenvalue weighted by molar-refractivity contribution is 5.89. The van der Waals surface area contributed by atoms with Gasteiger partial charge in [0.2, 0.25) is 0 Å². The number of fused-ring (bicyclic) bond motifs is 1. The summed E-state index contributed by atoms with van der Waals surface area (Å²) in [6, 6.07) is 14.6. The molecule has 0 saturated heterocycles. The second kappa shape index (κ2) is 5.34. The number of nitriles is 1. The Morgan fingerprint density at radius 2 is 1.95 bits per heavy atom. The number of rotatable bonds is 3. The average Bonchev–Trinajstić information content (AvgIpc) is 2.92. The third-order valence-corrected chi connectivity index (χ3v) is 3.74. The van der Waals surface area contributed by atoms with Crippen LogP contribution in [0.15, 0.2) is 48.7 Å². The zero-order valence-corrected chi connectivity index (χ0v) is 12.0. The Morgan fingerprint density at radius 3 is 2.55 bits per heavy atom. The summed E-state index contributed by atoms with van der Waals surface area (Å²) in [6.07, 6.45) is 2.66. The van der Waals surface area contributed by atoms with Crippen LogP contribution in [-0.4, -0.2) is 9.49 Å². The molecule has 0 atom stereocenters. The molecule has 0 aliphatic rings. The lowest BCUT2D eigenvalue weighted by atomic mass is 10.1. The summed E-state index contributed by atoms with van der Waals surface area (Å²) in [5, 5.41) is 21.0. The van der Waals surface area contributed by atoms with Crippen LogP contribution in [0.3, 0.4) is 0 Å². The number of nitrogens with zero attached hydrogens (tertiary/aromatic N) is 3. The second-order valence-electron chi connectivity index (χ2n) is 5.00. The fourth-order valence-corrected chi connectivity index (χ4v) is 2.52. The minimum atomic E-state index is -0.428. The van der Waals surface area contributed by atoms with Gasteiger partial charge in [-0.1, -0.05) is 19.1 Å². The highest BCUT2D eigenvalue weighted by Gasteiger charge is 2.14. The molecule has 0 radical (unpaired) electrons. The first-order chi connectivity index (χ1) is 10.6. The third-order valence-electron chi connectivity index (χ3n) is 3.74. The fourth-order valence-electron chi connectivity index (χ4n) is 2.52. The van der Waals surface area contributed by atoms with Gasteiger partial charge in [-0.15, -0.1) is 0 Å². The van der Waals surface area contributed by atoms with Crippen molar-refractivity contribution in [2.45, 2.75) is 13.3 Å². The number of nitro groups is 1. The van der Waals surface area contributed by atoms with Crippen molar-refractivity contribution < 1.29 is 4.92 Å². The van der Waals surface area contributed by atoms with Gasteiger partial charge >= 0.3 is 0 Å². The quantitative estimate of drug-likeness (QED) is 0.541. The van der Waals surface area contributed by atoms with Crippen LogP contribution in [0, 0.1) is 21.4 Å². The summed E-state index contributed by atoms with van der Waals surface area (Å²) < 4.78 is 1.82. The SMILES string of the molecule is CCc1ccc(-n2cc(C#N)c3ccc([N+](=O)[O-])cc32)cc1. The lowest BCUT2D eigenvalue weighted by Crippen LogP contribution is -1.93. The highest BCUT2D eigenvalue weighted by Crippen LogP contribution is 2.28. The van der Waals surface area contributed by atoms with Gasteiger partial charge in [-0.05, 0) is 30.2 Å². The molecular weight excluding hydrogens is 278 g/mol. The number of benzene rings is 2. The molecule has 0 fully saturated rings. The van der Waals surface area contributed by atoms with E-state index in [2.05, 4.69) is 13.0 Å². The van der Waals surface area contributed by atoms with E-state index >= 15 is 0 Å². The first kappa shape index (κ1) is 13.8. The Bertz CT molecular complexity index is 902. The van der Waals surface area contributed by atoms with Gasteiger partial charge in [-0.2, -0.15) is 5.26 Å². The number of aromatic nitrogens is 1. The maximum Gasteiger partial charge on any atom is 0.271 e. The van der Waals surface area contributed by atoms with Gasteiger partial charge < -0.3 is 4.57 Å². The van der Waals surface area contributed by atoms with Crippen LogP contribution in [0.5, 0.6) is 0 Å². The zero-order chi connectivity index (χ0) is 15.7. The molecule has 1 heterocycles. The largest absolute Gasteiger partial charge is 0.315 e. The average molecular weight is 291 g/mol. The highest BCUT2D eigenvalue weighted by atomic mass is 16.6. The monoisotopic (exact) mass is 291 g/mol. The summed E-state index contributed by atoms with van der Waals surface area (Å²) in [6.45, 7) is 2.08. The fraction of sp³-hybridized carbons (Fsp3) is 0.118. The molecule has 1 aromatic heterocycles. The molecule has 22 heavy (non-hydrogen) atoms. The molecule has 0 N–H and O–H groups in total. The zero-order valence-electron chi connectivity index (χ0n) is 12.0. The van der Waals surface area contributed by atoms with E-state index in [4.69, 9.17) is 0 Å². The number of hydrogen-bond donors (Lipinski definition) is 0. The van der Waals surface area contributed by atoms with E-state index in [0.29, 0.717) is 16.5 Å². The lowest BCUT2D eigenvalue weighted by Gasteiger charge is -2.06. The standard InChI is InChI=1S/C17H13N3O2/c1-2-12-3-5-14(6-4-12)19-11-13(10-18)16-8-7-15(20(21)22)9-17(16)19/h3-9,11H,2H2,1H3. The van der Waals surface area contributed by atoms with Crippen molar-refractivity contribution in [1.82, 2.24) is 4.57 Å². The number of non-ortho nitro benzene ring substituents is 1.